The van der Waals surface area contributed by atoms with E-state index in [1.165, 1.54) is 19.3 Å². The molecular formula is C22H44OU2. The van der Waals surface area contributed by atoms with Crippen molar-refractivity contribution in [2.45, 2.75) is 92.9 Å². The van der Waals surface area contributed by atoms with Crippen molar-refractivity contribution in [3.63, 3.8) is 0 Å². The topological polar surface area (TPSA) is 17.1 Å². The maximum atomic E-state index is 10.3. The molecule has 0 aliphatic heterocycles. The molecule has 1 rings (SSSR count). The van der Waals surface area contributed by atoms with Gasteiger partial charge < -0.3 is 25.6 Å². The summed E-state index contributed by atoms with van der Waals surface area (Å²) in [7, 11) is 0. The van der Waals surface area contributed by atoms with Gasteiger partial charge in [-0.05, 0) is 17.8 Å². The molecule has 146 valence electrons. The van der Waals surface area contributed by atoms with Gasteiger partial charge in [-0.3, -0.25) is 6.29 Å². The summed E-state index contributed by atoms with van der Waals surface area (Å²) in [6, 6.07) is 0. The van der Waals surface area contributed by atoms with Crippen molar-refractivity contribution in [2.75, 3.05) is 0 Å². The van der Waals surface area contributed by atoms with Gasteiger partial charge in [-0.2, -0.15) is 19.3 Å². The maximum Gasteiger partial charge on any atom is 2.00 e. The summed E-state index contributed by atoms with van der Waals surface area (Å²) in [6.07, 6.45) is 11.1. The molecule has 0 radical (unpaired) electrons. The van der Waals surface area contributed by atoms with Gasteiger partial charge in [0, 0.05) is 0 Å². The second-order valence-electron chi connectivity index (χ2n) is 7.01. The van der Waals surface area contributed by atoms with E-state index in [4.69, 9.17) is 0 Å². The SMILES string of the molecule is CC(C)C1CCC([C-]=O)CC1.[CH2-]CC.[CH2-]CC.[CH2-]CCC(C)C.[U+2].[U+2]. The van der Waals surface area contributed by atoms with Crippen LogP contribution < -0.4 is 0 Å². The molecule has 1 fully saturated rings. The summed E-state index contributed by atoms with van der Waals surface area (Å²) < 4.78 is 0. The van der Waals surface area contributed by atoms with Gasteiger partial charge in [0.15, 0.2) is 0 Å². The van der Waals surface area contributed by atoms with Gasteiger partial charge in [0.25, 0.3) is 0 Å². The Balaban J connectivity index is -0.0000000820. The summed E-state index contributed by atoms with van der Waals surface area (Å²) >= 11 is 0. The van der Waals surface area contributed by atoms with Gasteiger partial charge in [-0.1, -0.05) is 73.6 Å². The van der Waals surface area contributed by atoms with Crippen LogP contribution in [-0.4, -0.2) is 6.29 Å². The van der Waals surface area contributed by atoms with Crippen LogP contribution in [-0.2, 0) is 4.79 Å². The normalized spacial score (nSPS) is 18.0. The molecule has 0 saturated heterocycles. The molecule has 0 spiro atoms. The molecule has 0 amide bonds. The van der Waals surface area contributed by atoms with Crippen molar-refractivity contribution in [3.05, 3.63) is 20.8 Å². The molecule has 0 aromatic heterocycles. The number of hydrogen-bond donors (Lipinski definition) is 0. The van der Waals surface area contributed by atoms with Gasteiger partial charge in [-0.25, -0.2) is 0 Å². The third kappa shape index (κ3) is 33.8. The van der Waals surface area contributed by atoms with Crippen molar-refractivity contribution in [1.82, 2.24) is 0 Å². The fourth-order valence-corrected chi connectivity index (χ4v) is 2.31. The Kier molecular flexibility index (Phi) is 45.8. The van der Waals surface area contributed by atoms with E-state index in [-0.39, 0.29) is 68.1 Å². The van der Waals surface area contributed by atoms with E-state index in [9.17, 15) is 4.79 Å². The van der Waals surface area contributed by atoms with Crippen LogP contribution in [0.3, 0.4) is 0 Å². The van der Waals surface area contributed by atoms with Crippen molar-refractivity contribution < 1.29 is 67.0 Å². The summed E-state index contributed by atoms with van der Waals surface area (Å²) in [6.45, 7) is 23.7. The van der Waals surface area contributed by atoms with E-state index in [1.807, 2.05) is 13.8 Å². The maximum absolute atomic E-state index is 10.3. The smallest absolute Gasteiger partial charge is 0.542 e. The van der Waals surface area contributed by atoms with Crippen LogP contribution in [0.1, 0.15) is 92.9 Å². The second-order valence-corrected chi connectivity index (χ2v) is 7.01. The zero-order valence-electron chi connectivity index (χ0n) is 18.0. The minimum absolute atomic E-state index is 0. The Morgan fingerprint density at radius 3 is 1.40 bits per heavy atom. The van der Waals surface area contributed by atoms with Crippen LogP contribution in [0.15, 0.2) is 0 Å². The second kappa shape index (κ2) is 30.5. The van der Waals surface area contributed by atoms with Crippen LogP contribution in [0.2, 0.25) is 0 Å². The van der Waals surface area contributed by atoms with E-state index >= 15 is 0 Å². The van der Waals surface area contributed by atoms with Gasteiger partial charge in [0.1, 0.15) is 0 Å². The van der Waals surface area contributed by atoms with Crippen molar-refractivity contribution in [3.8, 4) is 0 Å². The summed E-state index contributed by atoms with van der Waals surface area (Å²) in [5, 5.41) is 0. The van der Waals surface area contributed by atoms with Crippen molar-refractivity contribution in [1.29, 1.82) is 0 Å². The molecule has 0 atom stereocenters. The average Bonchev–Trinajstić information content (AvgIpc) is 2.49. The molecule has 0 aromatic carbocycles. The average molecular weight is 801 g/mol. The zero-order chi connectivity index (χ0) is 18.7. The Morgan fingerprint density at radius 1 is 0.880 bits per heavy atom. The van der Waals surface area contributed by atoms with Crippen LogP contribution in [0.4, 0.5) is 0 Å². The molecule has 25 heavy (non-hydrogen) atoms. The molecule has 0 aromatic rings. The zero-order valence-corrected chi connectivity index (χ0v) is 26.3. The van der Waals surface area contributed by atoms with E-state index in [0.29, 0.717) is 0 Å². The Morgan fingerprint density at radius 2 is 1.24 bits per heavy atom. The monoisotopic (exact) mass is 800 g/mol. The van der Waals surface area contributed by atoms with Crippen molar-refractivity contribution >= 4 is 6.29 Å². The van der Waals surface area contributed by atoms with Gasteiger partial charge in [0.05, 0.1) is 0 Å². The molecular weight excluding hydrogens is 756 g/mol. The van der Waals surface area contributed by atoms with Gasteiger partial charge in [0.2, 0.25) is 0 Å². The minimum atomic E-state index is 0. The third-order valence-corrected chi connectivity index (χ3v) is 3.66. The quantitative estimate of drug-likeness (QED) is 0.274. The van der Waals surface area contributed by atoms with Gasteiger partial charge in [-0.15, -0.1) is 5.92 Å². The molecule has 1 saturated carbocycles. The molecule has 0 heterocycles. The molecule has 0 unspecified atom stereocenters. The minimum Gasteiger partial charge on any atom is -0.542 e. The molecule has 1 nitrogen and oxygen atoms in total. The van der Waals surface area contributed by atoms with Crippen LogP contribution in [0, 0.1) is 107 Å². The molecule has 0 bridgehead atoms. The first-order valence-electron chi connectivity index (χ1n) is 9.59. The molecule has 3 heteroatoms. The Bertz CT molecular complexity index is 208. The molecule has 0 N–H and O–H groups in total. The Labute approximate surface area is 208 Å². The van der Waals surface area contributed by atoms with E-state index in [0.717, 1.165) is 49.9 Å². The van der Waals surface area contributed by atoms with Crippen LogP contribution in [0.25, 0.3) is 0 Å². The standard InChI is InChI=1S/C10H17O.C6H13.2C3H7.2U/c1-8(2)10-5-3-9(7-11)4-6-10;1-4-5-6(2)3;2*1-3-2;;/h8-10H,3-6H2,1-2H3;6H,1,4-5H2,2-3H3;2*1,3H2,2H3;;/q4*-1;2*+2. The van der Waals surface area contributed by atoms with Gasteiger partial charge >= 0.3 is 62.2 Å². The predicted molar refractivity (Wildman–Crippen MR) is 107 cm³/mol. The fourth-order valence-electron chi connectivity index (χ4n) is 2.31. The fraction of sp³-hybridized carbons (Fsp3) is 0.818. The predicted octanol–water partition coefficient (Wildman–Crippen LogP) is 7.28. The van der Waals surface area contributed by atoms with Crippen LogP contribution in [0.5, 0.6) is 0 Å². The first-order valence-corrected chi connectivity index (χ1v) is 9.59. The largest absolute Gasteiger partial charge is 2.00 e. The number of rotatable bonds is 4. The Hall–Kier alpha value is 1.77. The molecule has 1 aliphatic rings. The first-order chi connectivity index (χ1) is 10.8. The van der Waals surface area contributed by atoms with Crippen LogP contribution >= 0.6 is 0 Å². The van der Waals surface area contributed by atoms with E-state index in [1.54, 1.807) is 0 Å². The van der Waals surface area contributed by atoms with E-state index < -0.39 is 0 Å². The van der Waals surface area contributed by atoms with E-state index in [2.05, 4.69) is 54.8 Å². The first kappa shape index (κ1) is 37.5. The van der Waals surface area contributed by atoms with Crippen molar-refractivity contribution in [2.24, 2.45) is 23.7 Å². The summed E-state index contributed by atoms with van der Waals surface area (Å²) in [4.78, 5) is 10.3. The molecule has 1 aliphatic carbocycles. The number of carbonyl (C=O) groups excluding carboxylic acids is 1. The third-order valence-electron chi connectivity index (χ3n) is 3.66. The number of hydrogen-bond acceptors (Lipinski definition) is 1. The summed E-state index contributed by atoms with van der Waals surface area (Å²) in [5.74, 6) is 2.75. The summed E-state index contributed by atoms with van der Waals surface area (Å²) in [5.41, 5.74) is 0.